The fourth-order valence-corrected chi connectivity index (χ4v) is 5.23. The molecule has 0 radical (unpaired) electrons. The Kier molecular flexibility index (Phi) is 9.92. The van der Waals surface area contributed by atoms with Gasteiger partial charge in [0.1, 0.15) is 5.75 Å². The maximum Gasteiger partial charge on any atom is 0.410 e. The van der Waals surface area contributed by atoms with Gasteiger partial charge in [-0.15, -0.1) is 0 Å². The van der Waals surface area contributed by atoms with Gasteiger partial charge in [0.05, 0.1) is 4.47 Å². The molecule has 0 aromatic heterocycles. The predicted octanol–water partition coefficient (Wildman–Crippen LogP) is 5.96. The highest BCUT2D eigenvalue weighted by molar-refractivity contribution is 9.10. The van der Waals surface area contributed by atoms with E-state index < -0.39 is 12.2 Å². The third-order valence-corrected chi connectivity index (χ3v) is 7.41. The maximum absolute atomic E-state index is 12.8. The van der Waals surface area contributed by atoms with Crippen LogP contribution in [0, 0.1) is 12.8 Å². The topological polar surface area (TPSA) is 95.9 Å². The van der Waals surface area contributed by atoms with E-state index in [1.165, 1.54) is 13.8 Å². The number of carbonyl (C=O) groups excluding carboxylic acids is 3. The van der Waals surface area contributed by atoms with Crippen LogP contribution in [-0.2, 0) is 27.2 Å². The molecule has 0 aliphatic carbocycles. The summed E-state index contributed by atoms with van der Waals surface area (Å²) in [6.45, 7) is 10.1. The third-order valence-electron chi connectivity index (χ3n) is 6.81. The number of phenolic OH excluding ortho intramolecular Hbond substituents is 1. The monoisotopic (exact) mass is 570 g/mol. The van der Waals surface area contributed by atoms with Crippen molar-refractivity contribution in [2.75, 3.05) is 18.4 Å². The van der Waals surface area contributed by atoms with Gasteiger partial charge in [-0.05, 0) is 90.2 Å². The molecule has 1 saturated heterocycles. The van der Waals surface area contributed by atoms with Gasteiger partial charge in [-0.25, -0.2) is 4.79 Å². The molecule has 2 N–H and O–H groups in total. The van der Waals surface area contributed by atoms with Crippen LogP contribution in [-0.4, -0.2) is 47.0 Å². The summed E-state index contributed by atoms with van der Waals surface area (Å²) in [4.78, 5) is 38.2. The van der Waals surface area contributed by atoms with Crippen molar-refractivity contribution >= 4 is 39.4 Å². The van der Waals surface area contributed by atoms with Crippen LogP contribution in [0.25, 0.3) is 0 Å². The van der Waals surface area contributed by atoms with Crippen LogP contribution in [0.1, 0.15) is 49.8 Å². The molecule has 1 aliphatic rings. The third kappa shape index (κ3) is 7.92. The summed E-state index contributed by atoms with van der Waals surface area (Å²) in [5, 5.41) is 12.8. The second-order valence-corrected chi connectivity index (χ2v) is 10.5. The minimum Gasteiger partial charge on any atom is -0.506 e. The number of anilines is 1. The number of likely N-dealkylation sites (tertiary alicyclic amines) is 1. The van der Waals surface area contributed by atoms with E-state index in [2.05, 4.69) is 27.8 Å². The van der Waals surface area contributed by atoms with Crippen molar-refractivity contribution in [3.05, 3.63) is 69.7 Å². The fraction of sp³-hybridized carbons (Fsp3) is 0.414. The molecular weight excluding hydrogens is 536 g/mol. The lowest BCUT2D eigenvalue weighted by atomic mass is 9.87. The average Bonchev–Trinajstić information content (AvgIpc) is 2.85. The Morgan fingerprint density at radius 1 is 1.19 bits per heavy atom. The maximum atomic E-state index is 12.8. The number of hydrogen-bond acceptors (Lipinski definition) is 5. The number of halogens is 1. The Labute approximate surface area is 227 Å². The highest BCUT2D eigenvalue weighted by atomic mass is 79.9. The lowest BCUT2D eigenvalue weighted by Gasteiger charge is -2.33. The molecule has 1 atom stereocenters. The molecule has 0 unspecified atom stereocenters. The molecule has 2 amide bonds. The summed E-state index contributed by atoms with van der Waals surface area (Å²) in [5.41, 5.74) is 4.52. The highest BCUT2D eigenvalue weighted by Gasteiger charge is 2.28. The molecule has 3 rings (SSSR count). The number of hydrogen-bond donors (Lipinski definition) is 2. The number of nitrogens with zero attached hydrogens (tertiary/aromatic N) is 1. The van der Waals surface area contributed by atoms with Crippen molar-refractivity contribution in [1.82, 2.24) is 4.90 Å². The highest BCUT2D eigenvalue weighted by Crippen LogP contribution is 2.30. The van der Waals surface area contributed by atoms with E-state index in [0.717, 1.165) is 48.1 Å². The van der Waals surface area contributed by atoms with Gasteiger partial charge in [0, 0.05) is 32.1 Å². The molecule has 1 heterocycles. The quantitative estimate of drug-likeness (QED) is 0.362. The molecule has 0 spiro atoms. The second-order valence-electron chi connectivity index (χ2n) is 9.69. The number of aromatic hydroxyl groups is 1. The van der Waals surface area contributed by atoms with Crippen molar-refractivity contribution in [1.29, 1.82) is 0 Å². The van der Waals surface area contributed by atoms with Gasteiger partial charge in [-0.2, -0.15) is 0 Å². The van der Waals surface area contributed by atoms with E-state index >= 15 is 0 Å². The first-order valence-electron chi connectivity index (χ1n) is 12.5. The largest absolute Gasteiger partial charge is 0.506 e. The van der Waals surface area contributed by atoms with Gasteiger partial charge < -0.3 is 20.1 Å². The minimum absolute atomic E-state index is 0.0939. The number of benzene rings is 2. The summed E-state index contributed by atoms with van der Waals surface area (Å²) in [6.07, 6.45) is 2.03. The number of rotatable bonds is 9. The van der Waals surface area contributed by atoms with Gasteiger partial charge >= 0.3 is 6.09 Å². The van der Waals surface area contributed by atoms with E-state index in [9.17, 15) is 19.5 Å². The molecule has 198 valence electrons. The Morgan fingerprint density at radius 3 is 2.49 bits per heavy atom. The standard InChI is InChI=1S/C29H35BrN2O5/c1-18(9-10-24-7-5-6-8-26(24)31-21(4)34)23-11-13-32(14-12-23)29(36)37-27(20(3)33)17-22-15-19(2)28(35)25(30)16-22/h5-8,15-16,23,27,35H,1,9-14,17H2,2-4H3,(H,31,34)/t27-/m1/s1. The van der Waals surface area contributed by atoms with E-state index in [-0.39, 0.29) is 23.9 Å². The first-order chi connectivity index (χ1) is 17.5. The fourth-order valence-electron chi connectivity index (χ4n) is 4.62. The number of carbonyl (C=O) groups is 3. The molecule has 1 fully saturated rings. The van der Waals surface area contributed by atoms with Crippen LogP contribution >= 0.6 is 15.9 Å². The number of ketones is 1. The normalized spacial score (nSPS) is 14.6. The van der Waals surface area contributed by atoms with Crippen LogP contribution in [0.5, 0.6) is 5.75 Å². The van der Waals surface area contributed by atoms with Crippen LogP contribution in [0.3, 0.4) is 0 Å². The van der Waals surface area contributed by atoms with E-state index in [1.807, 2.05) is 24.3 Å². The number of allylic oxidation sites excluding steroid dienone is 1. The molecule has 37 heavy (non-hydrogen) atoms. The zero-order valence-corrected chi connectivity index (χ0v) is 23.3. The summed E-state index contributed by atoms with van der Waals surface area (Å²) < 4.78 is 6.15. The summed E-state index contributed by atoms with van der Waals surface area (Å²) >= 11 is 3.32. The first kappa shape index (κ1) is 28.4. The second kappa shape index (κ2) is 12.9. The Morgan fingerprint density at radius 2 is 1.86 bits per heavy atom. The van der Waals surface area contributed by atoms with Gasteiger partial charge in [-0.1, -0.05) is 36.4 Å². The SMILES string of the molecule is C=C(CCc1ccccc1NC(C)=O)C1CCN(C(=O)O[C@H](Cc2cc(C)c(O)c(Br)c2)C(C)=O)CC1. The molecule has 2 aromatic rings. The van der Waals surface area contributed by atoms with Gasteiger partial charge in [-0.3, -0.25) is 9.59 Å². The number of Topliss-reactive ketones (excluding diaryl/α,β-unsaturated/α-hetero) is 1. The molecule has 7 nitrogen and oxygen atoms in total. The van der Waals surface area contributed by atoms with Gasteiger partial charge in [0.2, 0.25) is 5.91 Å². The first-order valence-corrected chi connectivity index (χ1v) is 13.3. The van der Waals surface area contributed by atoms with Gasteiger partial charge in [0.25, 0.3) is 0 Å². The zero-order valence-electron chi connectivity index (χ0n) is 21.7. The number of piperidine rings is 1. The summed E-state index contributed by atoms with van der Waals surface area (Å²) in [6, 6.07) is 11.3. The zero-order chi connectivity index (χ0) is 27.1. The van der Waals surface area contributed by atoms with Crippen LogP contribution in [0.2, 0.25) is 0 Å². The molecule has 0 bridgehead atoms. The summed E-state index contributed by atoms with van der Waals surface area (Å²) in [7, 11) is 0. The molecular formula is C29H35BrN2O5. The van der Waals surface area contributed by atoms with E-state index in [0.29, 0.717) is 29.0 Å². The Balaban J connectivity index is 1.51. The van der Waals surface area contributed by atoms with E-state index in [4.69, 9.17) is 4.74 Å². The number of phenols is 1. The van der Waals surface area contributed by atoms with Crippen molar-refractivity contribution in [3.8, 4) is 5.75 Å². The van der Waals surface area contributed by atoms with Gasteiger partial charge in [0.15, 0.2) is 11.9 Å². The lowest BCUT2D eigenvalue weighted by Crippen LogP contribution is -2.42. The number of para-hydroxylation sites is 1. The van der Waals surface area contributed by atoms with Crippen LogP contribution in [0.15, 0.2) is 53.0 Å². The van der Waals surface area contributed by atoms with Crippen molar-refractivity contribution in [3.63, 3.8) is 0 Å². The Hall–Kier alpha value is -3.13. The predicted molar refractivity (Wildman–Crippen MR) is 148 cm³/mol. The molecule has 8 heteroatoms. The van der Waals surface area contributed by atoms with Crippen LogP contribution < -0.4 is 5.32 Å². The van der Waals surface area contributed by atoms with Crippen molar-refractivity contribution in [2.24, 2.45) is 5.92 Å². The van der Waals surface area contributed by atoms with E-state index in [1.54, 1.807) is 24.0 Å². The number of nitrogens with one attached hydrogen (secondary N) is 1. The molecule has 0 saturated carbocycles. The van der Waals surface area contributed by atoms with Crippen molar-refractivity contribution < 1.29 is 24.2 Å². The van der Waals surface area contributed by atoms with Crippen LogP contribution in [0.4, 0.5) is 10.5 Å². The lowest BCUT2D eigenvalue weighted by molar-refractivity contribution is -0.125. The molecule has 2 aromatic carbocycles. The number of amides is 2. The number of aryl methyl sites for hydroxylation is 2. The Bertz CT molecular complexity index is 1150. The average molecular weight is 572 g/mol. The summed E-state index contributed by atoms with van der Waals surface area (Å²) in [5.74, 6) is 0.140. The minimum atomic E-state index is -0.889. The smallest absolute Gasteiger partial charge is 0.410 e. The molecule has 1 aliphatic heterocycles. The number of ether oxygens (including phenoxy) is 1. The van der Waals surface area contributed by atoms with Crippen molar-refractivity contribution in [2.45, 2.75) is 59.0 Å².